The second-order valence-electron chi connectivity index (χ2n) is 16.6. The average molecular weight is 715 g/mol. The molecule has 3 aliphatic carbocycles. The van der Waals surface area contributed by atoms with Crippen LogP contribution in [0.2, 0.25) is 0 Å². The van der Waals surface area contributed by atoms with Crippen molar-refractivity contribution in [2.45, 2.75) is 96.8 Å². The molecule has 1 saturated heterocycles. The molecule has 2 N–H and O–H groups in total. The van der Waals surface area contributed by atoms with Crippen molar-refractivity contribution < 1.29 is 23.7 Å². The van der Waals surface area contributed by atoms with E-state index in [9.17, 15) is 14.4 Å². The van der Waals surface area contributed by atoms with Crippen LogP contribution in [-0.2, 0) is 31.7 Å². The Morgan fingerprint density at radius 3 is 2.36 bits per heavy atom. The number of amides is 2. The number of Topliss-reactive ketones (excluding diaryl/α,β-unsaturated/α-hetero) is 1. The largest absolute Gasteiger partial charge is 0.481 e. The number of rotatable bonds is 14. The van der Waals surface area contributed by atoms with Crippen molar-refractivity contribution in [3.05, 3.63) is 108 Å². The summed E-state index contributed by atoms with van der Waals surface area (Å²) >= 11 is 0. The topological polar surface area (TPSA) is 120 Å². The number of hydrogen-bond donors (Lipinski definition) is 2. The normalized spacial score (nSPS) is 24.5. The molecule has 4 aromatic rings. The summed E-state index contributed by atoms with van der Waals surface area (Å²) in [5.74, 6) is -0.755. The van der Waals surface area contributed by atoms with Gasteiger partial charge in [0, 0.05) is 24.7 Å². The molecule has 3 saturated carbocycles. The van der Waals surface area contributed by atoms with E-state index >= 15 is 0 Å². The molecule has 0 spiro atoms. The molecule has 3 aromatic carbocycles. The van der Waals surface area contributed by atoms with Gasteiger partial charge < -0.3 is 19.9 Å². The lowest BCUT2D eigenvalue weighted by Crippen LogP contribution is -2.65. The molecule has 53 heavy (non-hydrogen) atoms. The molecule has 4 aliphatic rings. The Hall–Kier alpha value is -4.41. The van der Waals surface area contributed by atoms with Crippen LogP contribution in [-0.4, -0.2) is 58.4 Å². The quantitative estimate of drug-likeness (QED) is 0.142. The molecule has 8 rings (SSSR count). The lowest BCUT2D eigenvalue weighted by molar-refractivity contribution is -0.199. The highest BCUT2D eigenvalue weighted by atomic mass is 16.7. The van der Waals surface area contributed by atoms with Gasteiger partial charge in [0.05, 0.1) is 29.9 Å². The summed E-state index contributed by atoms with van der Waals surface area (Å²) in [6.07, 6.45) is 7.63. The van der Waals surface area contributed by atoms with Crippen LogP contribution in [0.15, 0.2) is 91.4 Å². The summed E-state index contributed by atoms with van der Waals surface area (Å²) in [5.41, 5.74) is 1.76. The van der Waals surface area contributed by atoms with Gasteiger partial charge in [-0.15, -0.1) is 0 Å². The molecule has 10 heteroatoms. The monoisotopic (exact) mass is 714 g/mol. The fourth-order valence-electron chi connectivity index (χ4n) is 9.15. The predicted octanol–water partition coefficient (Wildman–Crippen LogP) is 6.59. The third-order valence-electron chi connectivity index (χ3n) is 12.2. The van der Waals surface area contributed by atoms with Gasteiger partial charge in [-0.3, -0.25) is 19.4 Å². The van der Waals surface area contributed by atoms with Gasteiger partial charge in [0.15, 0.2) is 5.78 Å². The van der Waals surface area contributed by atoms with E-state index in [2.05, 4.69) is 55.2 Å². The Kier molecular flexibility index (Phi) is 10.6. The molecular weight excluding hydrogens is 663 g/mol. The Bertz CT molecular complexity index is 1940. The lowest BCUT2D eigenvalue weighted by Gasteiger charge is -2.64. The summed E-state index contributed by atoms with van der Waals surface area (Å²) in [6, 6.07) is 22.9. The Labute approximate surface area is 313 Å². The first-order valence-corrected chi connectivity index (χ1v) is 19.2. The first-order chi connectivity index (χ1) is 25.4. The first-order valence-electron chi connectivity index (χ1n) is 19.2. The molecule has 2 unspecified atom stereocenters. The Balaban J connectivity index is 1.13. The van der Waals surface area contributed by atoms with Gasteiger partial charge in [0.25, 0.3) is 5.91 Å². The molecule has 4 fully saturated rings. The fourth-order valence-corrected chi connectivity index (χ4v) is 9.15. The SMILES string of the molecule is CC(C)C[C@H](NC(=O)[C@@H](CC(=O)[C@H](Cc1ccc2ccccc2c1)NC(=O)c1cnccn1)Cc1ccccc1)B1OC2CC3C[C@@H](C3(C)C)[C@]2(C)O1. The maximum Gasteiger partial charge on any atom is 0.481 e. The van der Waals surface area contributed by atoms with Crippen molar-refractivity contribution in [3.63, 3.8) is 0 Å². The van der Waals surface area contributed by atoms with Gasteiger partial charge in [0.2, 0.25) is 5.91 Å². The fraction of sp³-hybridized carbons (Fsp3) is 0.465. The number of aromatic nitrogens is 2. The minimum atomic E-state index is -0.900. The van der Waals surface area contributed by atoms with Crippen molar-refractivity contribution in [2.75, 3.05) is 0 Å². The van der Waals surface area contributed by atoms with E-state index in [1.165, 1.54) is 18.6 Å². The van der Waals surface area contributed by atoms with Crippen LogP contribution in [0.1, 0.15) is 81.9 Å². The van der Waals surface area contributed by atoms with Gasteiger partial charge in [0.1, 0.15) is 5.69 Å². The van der Waals surface area contributed by atoms with Crippen LogP contribution in [0.4, 0.5) is 0 Å². The highest BCUT2D eigenvalue weighted by molar-refractivity contribution is 6.47. The summed E-state index contributed by atoms with van der Waals surface area (Å²) in [5, 5.41) is 8.38. The molecule has 2 heterocycles. The van der Waals surface area contributed by atoms with Crippen LogP contribution in [0.3, 0.4) is 0 Å². The van der Waals surface area contributed by atoms with Crippen LogP contribution in [0.5, 0.6) is 0 Å². The number of carbonyl (C=O) groups excluding carboxylic acids is 3. The van der Waals surface area contributed by atoms with Crippen LogP contribution >= 0.6 is 0 Å². The van der Waals surface area contributed by atoms with E-state index < -0.39 is 30.6 Å². The first kappa shape index (κ1) is 36.9. The van der Waals surface area contributed by atoms with E-state index in [-0.39, 0.29) is 53.6 Å². The van der Waals surface area contributed by atoms with Gasteiger partial charge in [-0.25, -0.2) is 4.98 Å². The van der Waals surface area contributed by atoms with Gasteiger partial charge in [-0.1, -0.05) is 100 Å². The van der Waals surface area contributed by atoms with Gasteiger partial charge >= 0.3 is 7.12 Å². The Morgan fingerprint density at radius 2 is 1.64 bits per heavy atom. The molecule has 0 radical (unpaired) electrons. The van der Waals surface area contributed by atoms with Crippen molar-refractivity contribution in [3.8, 4) is 0 Å². The highest BCUT2D eigenvalue weighted by Crippen LogP contribution is 2.65. The van der Waals surface area contributed by atoms with Crippen LogP contribution < -0.4 is 10.6 Å². The van der Waals surface area contributed by atoms with E-state index in [4.69, 9.17) is 9.31 Å². The van der Waals surface area contributed by atoms with Crippen LogP contribution in [0.25, 0.3) is 10.8 Å². The zero-order valence-corrected chi connectivity index (χ0v) is 31.5. The number of nitrogens with one attached hydrogen (secondary N) is 2. The smallest absolute Gasteiger partial charge is 0.404 e. The molecule has 1 aliphatic heterocycles. The molecule has 2 bridgehead atoms. The number of hydrogen-bond acceptors (Lipinski definition) is 7. The predicted molar refractivity (Wildman–Crippen MR) is 206 cm³/mol. The zero-order chi connectivity index (χ0) is 37.3. The van der Waals surface area contributed by atoms with Gasteiger partial charge in [-0.05, 0) is 84.1 Å². The summed E-state index contributed by atoms with van der Waals surface area (Å²) < 4.78 is 13.5. The van der Waals surface area contributed by atoms with E-state index in [0.29, 0.717) is 24.7 Å². The van der Waals surface area contributed by atoms with E-state index in [1.54, 1.807) is 0 Å². The number of benzene rings is 3. The molecule has 1 aromatic heterocycles. The maximum atomic E-state index is 14.5. The maximum absolute atomic E-state index is 14.5. The molecule has 7 atom stereocenters. The van der Waals surface area contributed by atoms with Gasteiger partial charge in [-0.2, -0.15) is 0 Å². The lowest BCUT2D eigenvalue weighted by atomic mass is 9.43. The number of nitrogens with zero attached hydrogens (tertiary/aromatic N) is 2. The summed E-state index contributed by atoms with van der Waals surface area (Å²) in [6.45, 7) is 11.1. The molecule has 9 nitrogen and oxygen atoms in total. The second kappa shape index (κ2) is 15.1. The average Bonchev–Trinajstić information content (AvgIpc) is 3.52. The number of fused-ring (bicyclic) bond motifs is 1. The van der Waals surface area contributed by atoms with E-state index in [1.807, 2.05) is 72.8 Å². The third kappa shape index (κ3) is 7.80. The molecule has 2 amide bonds. The second-order valence-corrected chi connectivity index (χ2v) is 16.6. The number of carbonyl (C=O) groups is 3. The minimum Gasteiger partial charge on any atom is -0.404 e. The van der Waals surface area contributed by atoms with Crippen molar-refractivity contribution in [2.24, 2.45) is 29.1 Å². The summed E-state index contributed by atoms with van der Waals surface area (Å²) in [7, 11) is -0.577. The third-order valence-corrected chi connectivity index (χ3v) is 12.2. The summed E-state index contributed by atoms with van der Waals surface area (Å²) in [4.78, 5) is 50.5. The standard InChI is InChI=1S/C43H51BN4O5/c1-27(2)19-39(44-52-38-25-33-24-37(42(33,3)4)43(38,5)53-44)48-40(50)32(20-28-11-7-6-8-12-28)23-36(49)34(47-41(51)35-26-45-17-18-46-35)22-29-15-16-30-13-9-10-14-31(30)21-29/h6-18,21,26-27,32-34,37-39H,19-20,22-25H2,1-5H3,(H,47,51)(H,48,50)/t32-,33?,34+,37+,38?,39+,43+/m1/s1. The Morgan fingerprint density at radius 1 is 0.887 bits per heavy atom. The van der Waals surface area contributed by atoms with Crippen molar-refractivity contribution in [1.29, 1.82) is 0 Å². The minimum absolute atomic E-state index is 0.00804. The highest BCUT2D eigenvalue weighted by Gasteiger charge is 2.68. The van der Waals surface area contributed by atoms with Crippen molar-refractivity contribution in [1.82, 2.24) is 20.6 Å². The molecular formula is C43H51BN4O5. The van der Waals surface area contributed by atoms with Crippen molar-refractivity contribution >= 4 is 35.5 Å². The zero-order valence-electron chi connectivity index (χ0n) is 31.5. The van der Waals surface area contributed by atoms with Crippen LogP contribution in [0, 0.1) is 29.1 Å². The number of ketones is 1. The molecule has 276 valence electrons. The van der Waals surface area contributed by atoms with E-state index in [0.717, 1.165) is 34.7 Å².